The SMILES string of the molecule is COCCNC(=O)C1(c2ccc(NS(=O)(=O)c3ccc(C)c(C)c3)cc2)CCC1. The van der Waals surface area contributed by atoms with E-state index in [1.54, 1.807) is 37.4 Å². The summed E-state index contributed by atoms with van der Waals surface area (Å²) in [6.07, 6.45) is 2.58. The minimum absolute atomic E-state index is 0.00395. The molecule has 0 radical (unpaired) electrons. The van der Waals surface area contributed by atoms with Crippen LogP contribution in [0.5, 0.6) is 0 Å². The second-order valence-electron chi connectivity index (χ2n) is 7.61. The molecule has 0 heterocycles. The van der Waals surface area contributed by atoms with Crippen molar-refractivity contribution in [2.24, 2.45) is 0 Å². The maximum absolute atomic E-state index is 12.7. The highest BCUT2D eigenvalue weighted by Crippen LogP contribution is 2.44. The number of aryl methyl sites for hydroxylation is 2. The van der Waals surface area contributed by atoms with Gasteiger partial charge in [-0.25, -0.2) is 8.42 Å². The van der Waals surface area contributed by atoms with Crippen LogP contribution in [0.15, 0.2) is 47.4 Å². The Hall–Kier alpha value is -2.38. The molecular weight excluding hydrogens is 388 g/mol. The number of methoxy groups -OCH3 is 1. The molecule has 0 bridgehead atoms. The first kappa shape index (κ1) is 21.3. The third kappa shape index (κ3) is 4.46. The number of amides is 1. The Kier molecular flexibility index (Phi) is 6.29. The van der Waals surface area contributed by atoms with Crippen molar-refractivity contribution >= 4 is 21.6 Å². The lowest BCUT2D eigenvalue weighted by molar-refractivity contribution is -0.130. The van der Waals surface area contributed by atoms with Crippen LogP contribution in [0.2, 0.25) is 0 Å². The molecule has 2 aromatic rings. The molecule has 29 heavy (non-hydrogen) atoms. The van der Waals surface area contributed by atoms with Gasteiger partial charge in [-0.1, -0.05) is 24.6 Å². The number of benzene rings is 2. The predicted molar refractivity (Wildman–Crippen MR) is 114 cm³/mol. The molecule has 0 atom stereocenters. The lowest BCUT2D eigenvalue weighted by Gasteiger charge is -2.40. The van der Waals surface area contributed by atoms with Gasteiger partial charge in [-0.2, -0.15) is 0 Å². The Balaban J connectivity index is 1.75. The quantitative estimate of drug-likeness (QED) is 0.647. The van der Waals surface area contributed by atoms with Crippen LogP contribution >= 0.6 is 0 Å². The van der Waals surface area contributed by atoms with Gasteiger partial charge in [0, 0.05) is 19.3 Å². The summed E-state index contributed by atoms with van der Waals surface area (Å²) in [4.78, 5) is 12.9. The van der Waals surface area contributed by atoms with Gasteiger partial charge in [-0.15, -0.1) is 0 Å². The third-order valence-electron chi connectivity index (χ3n) is 5.71. The van der Waals surface area contributed by atoms with E-state index < -0.39 is 15.4 Å². The molecule has 6 nitrogen and oxygen atoms in total. The highest BCUT2D eigenvalue weighted by atomic mass is 32.2. The fraction of sp³-hybridized carbons (Fsp3) is 0.409. The van der Waals surface area contributed by atoms with Crippen LogP contribution in [-0.4, -0.2) is 34.6 Å². The van der Waals surface area contributed by atoms with Crippen LogP contribution < -0.4 is 10.0 Å². The maximum atomic E-state index is 12.7. The fourth-order valence-corrected chi connectivity index (χ4v) is 4.71. The van der Waals surface area contributed by atoms with E-state index in [2.05, 4.69) is 10.0 Å². The van der Waals surface area contributed by atoms with Gasteiger partial charge in [-0.05, 0) is 67.6 Å². The summed E-state index contributed by atoms with van der Waals surface area (Å²) in [6, 6.07) is 12.2. The molecule has 0 saturated heterocycles. The molecule has 1 aliphatic rings. The Morgan fingerprint density at radius 2 is 1.76 bits per heavy atom. The largest absolute Gasteiger partial charge is 0.383 e. The molecule has 1 amide bonds. The van der Waals surface area contributed by atoms with E-state index in [0.29, 0.717) is 18.8 Å². The van der Waals surface area contributed by atoms with Gasteiger partial charge in [-0.3, -0.25) is 9.52 Å². The van der Waals surface area contributed by atoms with E-state index in [-0.39, 0.29) is 10.8 Å². The van der Waals surface area contributed by atoms with Gasteiger partial charge >= 0.3 is 0 Å². The summed E-state index contributed by atoms with van der Waals surface area (Å²) in [6.45, 7) is 4.78. The van der Waals surface area contributed by atoms with Gasteiger partial charge in [0.15, 0.2) is 0 Å². The highest BCUT2D eigenvalue weighted by Gasteiger charge is 2.45. The monoisotopic (exact) mass is 416 g/mol. The number of carbonyl (C=O) groups excluding carboxylic acids is 1. The molecule has 3 rings (SSSR count). The number of ether oxygens (including phenoxy) is 1. The number of hydrogen-bond acceptors (Lipinski definition) is 4. The number of anilines is 1. The number of hydrogen-bond donors (Lipinski definition) is 2. The molecule has 0 aromatic heterocycles. The van der Waals surface area contributed by atoms with Crippen LogP contribution in [0, 0.1) is 13.8 Å². The van der Waals surface area contributed by atoms with Crippen LogP contribution in [0.25, 0.3) is 0 Å². The van der Waals surface area contributed by atoms with Crippen molar-refractivity contribution in [3.05, 3.63) is 59.2 Å². The van der Waals surface area contributed by atoms with E-state index in [1.165, 1.54) is 0 Å². The van der Waals surface area contributed by atoms with Crippen molar-refractivity contribution in [2.75, 3.05) is 25.0 Å². The first-order chi connectivity index (χ1) is 13.8. The zero-order chi connectivity index (χ0) is 21.1. The normalized spacial score (nSPS) is 15.4. The van der Waals surface area contributed by atoms with Crippen molar-refractivity contribution in [3.8, 4) is 0 Å². The Morgan fingerprint density at radius 3 is 2.31 bits per heavy atom. The number of sulfonamides is 1. The Morgan fingerprint density at radius 1 is 1.07 bits per heavy atom. The summed E-state index contributed by atoms with van der Waals surface area (Å²) in [5.41, 5.74) is 2.82. The lowest BCUT2D eigenvalue weighted by Crippen LogP contribution is -2.49. The predicted octanol–water partition coefficient (Wildman–Crippen LogP) is 3.29. The summed E-state index contributed by atoms with van der Waals surface area (Å²) in [5, 5.41) is 2.93. The smallest absolute Gasteiger partial charge is 0.261 e. The van der Waals surface area contributed by atoms with Crippen molar-refractivity contribution in [1.29, 1.82) is 0 Å². The molecule has 0 spiro atoms. The molecule has 2 N–H and O–H groups in total. The molecule has 2 aromatic carbocycles. The average molecular weight is 417 g/mol. The fourth-order valence-electron chi connectivity index (χ4n) is 3.57. The molecule has 1 fully saturated rings. The first-order valence-electron chi connectivity index (χ1n) is 9.76. The van der Waals surface area contributed by atoms with E-state index in [0.717, 1.165) is 36.0 Å². The van der Waals surface area contributed by atoms with Crippen LogP contribution in [0.3, 0.4) is 0 Å². The average Bonchev–Trinajstić information content (AvgIpc) is 2.64. The molecule has 1 saturated carbocycles. The van der Waals surface area contributed by atoms with Crippen LogP contribution in [0.4, 0.5) is 5.69 Å². The zero-order valence-corrected chi connectivity index (χ0v) is 17.9. The van der Waals surface area contributed by atoms with Gasteiger partial charge in [0.05, 0.1) is 16.9 Å². The minimum atomic E-state index is -3.67. The topological polar surface area (TPSA) is 84.5 Å². The summed E-state index contributed by atoms with van der Waals surface area (Å²) < 4.78 is 33.0. The van der Waals surface area contributed by atoms with Crippen molar-refractivity contribution in [2.45, 2.75) is 43.4 Å². The second kappa shape index (κ2) is 8.55. The molecule has 0 aliphatic heterocycles. The number of nitrogens with one attached hydrogen (secondary N) is 2. The lowest BCUT2D eigenvalue weighted by atomic mass is 9.64. The van der Waals surface area contributed by atoms with Gasteiger partial charge < -0.3 is 10.1 Å². The summed E-state index contributed by atoms with van der Waals surface area (Å²) in [7, 11) is -2.07. The van der Waals surface area contributed by atoms with E-state index in [9.17, 15) is 13.2 Å². The van der Waals surface area contributed by atoms with Crippen molar-refractivity contribution < 1.29 is 17.9 Å². The van der Waals surface area contributed by atoms with Gasteiger partial charge in [0.2, 0.25) is 5.91 Å². The van der Waals surface area contributed by atoms with Crippen molar-refractivity contribution in [3.63, 3.8) is 0 Å². The number of rotatable bonds is 8. The van der Waals surface area contributed by atoms with Crippen LogP contribution in [0.1, 0.15) is 36.0 Å². The highest BCUT2D eigenvalue weighted by molar-refractivity contribution is 7.92. The summed E-state index contributed by atoms with van der Waals surface area (Å²) in [5.74, 6) is 0.00395. The molecule has 0 unspecified atom stereocenters. The van der Waals surface area contributed by atoms with Gasteiger partial charge in [0.1, 0.15) is 0 Å². The number of carbonyl (C=O) groups is 1. The molecular formula is C22H28N2O4S. The standard InChI is InChI=1S/C22H28N2O4S/c1-16-5-10-20(15-17(16)2)29(26,27)24-19-8-6-18(7-9-19)22(11-4-12-22)21(25)23-13-14-28-3/h5-10,15,24H,4,11-14H2,1-3H3,(H,23,25). The molecule has 156 valence electrons. The van der Waals surface area contributed by atoms with E-state index in [4.69, 9.17) is 4.74 Å². The molecule has 1 aliphatic carbocycles. The second-order valence-corrected chi connectivity index (χ2v) is 9.30. The summed E-state index contributed by atoms with van der Waals surface area (Å²) >= 11 is 0. The van der Waals surface area contributed by atoms with Gasteiger partial charge in [0.25, 0.3) is 10.0 Å². The first-order valence-corrected chi connectivity index (χ1v) is 11.2. The van der Waals surface area contributed by atoms with Crippen LogP contribution in [-0.2, 0) is 25.0 Å². The van der Waals surface area contributed by atoms with Crippen molar-refractivity contribution in [1.82, 2.24) is 5.32 Å². The molecule has 7 heteroatoms. The minimum Gasteiger partial charge on any atom is -0.383 e. The zero-order valence-electron chi connectivity index (χ0n) is 17.1. The van der Waals surface area contributed by atoms with E-state index >= 15 is 0 Å². The van der Waals surface area contributed by atoms with E-state index in [1.807, 2.05) is 26.0 Å². The Labute approximate surface area is 172 Å². The third-order valence-corrected chi connectivity index (χ3v) is 7.09. The Bertz CT molecular complexity index is 980. The maximum Gasteiger partial charge on any atom is 0.261 e.